The lowest BCUT2D eigenvalue weighted by Gasteiger charge is -2.29. The number of rotatable bonds is 5. The second-order valence-electron chi connectivity index (χ2n) is 4.86. The fourth-order valence-electron chi connectivity index (χ4n) is 1.84. The molecule has 0 amide bonds. The van der Waals surface area contributed by atoms with Crippen molar-refractivity contribution in [2.45, 2.75) is 26.2 Å². The van der Waals surface area contributed by atoms with Crippen LogP contribution in [0.15, 0.2) is 12.1 Å². The Labute approximate surface area is 108 Å². The summed E-state index contributed by atoms with van der Waals surface area (Å²) in [5.74, 6) is 0.0503. The molecule has 0 aliphatic heterocycles. The van der Waals surface area contributed by atoms with E-state index in [1.54, 1.807) is 13.8 Å². The van der Waals surface area contributed by atoms with Crippen molar-refractivity contribution in [3.8, 4) is 5.75 Å². The highest BCUT2D eigenvalue weighted by atomic mass is 19.1. The number of anilines is 1. The number of hydrogen-bond donors (Lipinski definition) is 0. The molecule has 0 heterocycles. The van der Waals surface area contributed by atoms with E-state index in [2.05, 4.69) is 0 Å². The monoisotopic (exact) mass is 253 g/mol. The van der Waals surface area contributed by atoms with Crippen molar-refractivity contribution in [1.29, 1.82) is 0 Å². The molecule has 1 aromatic rings. The van der Waals surface area contributed by atoms with Crippen molar-refractivity contribution in [3.05, 3.63) is 23.5 Å². The summed E-state index contributed by atoms with van der Waals surface area (Å²) >= 11 is 0. The van der Waals surface area contributed by atoms with Crippen LogP contribution in [0, 0.1) is 5.82 Å². The van der Waals surface area contributed by atoms with Crippen molar-refractivity contribution < 1.29 is 13.9 Å². The van der Waals surface area contributed by atoms with Gasteiger partial charge in [0, 0.05) is 25.1 Å². The number of carbonyl (C=O) groups excluding carboxylic acids is 1. The molecule has 0 bridgehead atoms. The van der Waals surface area contributed by atoms with E-state index in [4.69, 9.17) is 4.74 Å². The molecule has 0 unspecified atom stereocenters. The number of methoxy groups -OCH3 is 1. The minimum Gasteiger partial charge on any atom is -0.494 e. The van der Waals surface area contributed by atoms with Crippen LogP contribution < -0.4 is 9.64 Å². The zero-order valence-electron chi connectivity index (χ0n) is 11.6. The van der Waals surface area contributed by atoms with Gasteiger partial charge in [-0.2, -0.15) is 0 Å². The molecule has 1 rings (SSSR count). The molecule has 0 saturated heterocycles. The van der Waals surface area contributed by atoms with Crippen LogP contribution in [0.5, 0.6) is 5.75 Å². The first-order valence-electron chi connectivity index (χ1n) is 5.92. The average molecular weight is 253 g/mol. The Balaban J connectivity index is 3.56. The summed E-state index contributed by atoms with van der Waals surface area (Å²) < 4.78 is 18.8. The number of nitrogens with zero attached hydrogens (tertiary/aromatic N) is 1. The highest BCUT2D eigenvalue weighted by Gasteiger charge is 2.27. The second kappa shape index (κ2) is 5.38. The molecule has 0 aliphatic carbocycles. The van der Waals surface area contributed by atoms with E-state index in [1.165, 1.54) is 19.2 Å². The highest BCUT2D eigenvalue weighted by molar-refractivity contribution is 5.76. The minimum atomic E-state index is -0.756. The summed E-state index contributed by atoms with van der Waals surface area (Å²) in [6, 6.07) is 2.74. The average Bonchev–Trinajstić information content (AvgIpc) is 2.36. The van der Waals surface area contributed by atoms with Crippen LogP contribution in [0.3, 0.4) is 0 Å². The van der Waals surface area contributed by atoms with Gasteiger partial charge in [-0.1, -0.05) is 0 Å². The molecule has 1 aromatic carbocycles. The van der Waals surface area contributed by atoms with Crippen molar-refractivity contribution >= 4 is 12.0 Å². The molecule has 3 nitrogen and oxygen atoms in total. The van der Waals surface area contributed by atoms with E-state index in [0.29, 0.717) is 11.3 Å². The molecule has 0 N–H and O–H groups in total. The van der Waals surface area contributed by atoms with E-state index < -0.39 is 11.2 Å². The molecule has 0 fully saturated rings. The number of ether oxygens (including phenoxy) is 1. The summed E-state index contributed by atoms with van der Waals surface area (Å²) in [6.07, 6.45) is 0.828. The Morgan fingerprint density at radius 1 is 1.44 bits per heavy atom. The highest BCUT2D eigenvalue weighted by Crippen LogP contribution is 2.38. The van der Waals surface area contributed by atoms with Gasteiger partial charge in [0.25, 0.3) is 0 Å². The largest absolute Gasteiger partial charge is 0.494 e. The first kappa shape index (κ1) is 14.5. The van der Waals surface area contributed by atoms with Gasteiger partial charge >= 0.3 is 0 Å². The number of hydrogen-bond acceptors (Lipinski definition) is 3. The summed E-state index contributed by atoms with van der Waals surface area (Å²) in [6.45, 7) is 6.26. The van der Waals surface area contributed by atoms with Gasteiger partial charge in [0.05, 0.1) is 12.8 Å². The quantitative estimate of drug-likeness (QED) is 0.756. The molecule has 0 aromatic heterocycles. The Kier molecular flexibility index (Phi) is 4.33. The Morgan fingerprint density at radius 3 is 2.50 bits per heavy atom. The molecule has 0 atom stereocenters. The number of carbonyl (C=O) groups is 1. The third kappa shape index (κ3) is 2.63. The summed E-state index contributed by atoms with van der Waals surface area (Å²) in [4.78, 5) is 13.2. The minimum absolute atomic E-state index is 0.398. The fraction of sp³-hybridized carbons (Fsp3) is 0.500. The van der Waals surface area contributed by atoms with Gasteiger partial charge < -0.3 is 14.4 Å². The smallest absolute Gasteiger partial charge is 0.145 e. The molecule has 100 valence electrons. The summed E-state index contributed by atoms with van der Waals surface area (Å²) in [5, 5.41) is 0. The summed E-state index contributed by atoms with van der Waals surface area (Å²) in [7, 11) is 3.39. The van der Waals surface area contributed by atoms with Gasteiger partial charge in [0.1, 0.15) is 17.9 Å². The van der Waals surface area contributed by atoms with Gasteiger partial charge in [-0.15, -0.1) is 0 Å². The Bertz CT molecular complexity index is 444. The van der Waals surface area contributed by atoms with Crippen LogP contribution in [0.2, 0.25) is 0 Å². The van der Waals surface area contributed by atoms with Crippen LogP contribution in [0.25, 0.3) is 0 Å². The fourth-order valence-corrected chi connectivity index (χ4v) is 1.84. The third-order valence-electron chi connectivity index (χ3n) is 3.10. The van der Waals surface area contributed by atoms with E-state index in [1.807, 2.05) is 18.9 Å². The lowest BCUT2D eigenvalue weighted by Crippen LogP contribution is -2.26. The molecule has 0 spiro atoms. The van der Waals surface area contributed by atoms with Crippen molar-refractivity contribution in [3.63, 3.8) is 0 Å². The first-order valence-corrected chi connectivity index (χ1v) is 5.92. The van der Waals surface area contributed by atoms with E-state index in [-0.39, 0.29) is 0 Å². The van der Waals surface area contributed by atoms with Gasteiger partial charge in [0.15, 0.2) is 0 Å². The van der Waals surface area contributed by atoms with Crippen LogP contribution in [-0.4, -0.2) is 27.0 Å². The third-order valence-corrected chi connectivity index (χ3v) is 3.10. The van der Waals surface area contributed by atoms with Crippen molar-refractivity contribution in [1.82, 2.24) is 0 Å². The van der Waals surface area contributed by atoms with Crippen LogP contribution in [0.4, 0.5) is 10.1 Å². The predicted molar refractivity (Wildman–Crippen MR) is 71.0 cm³/mol. The number of aldehydes is 1. The lowest BCUT2D eigenvalue weighted by atomic mass is 9.84. The zero-order chi connectivity index (χ0) is 13.9. The Morgan fingerprint density at radius 2 is 2.06 bits per heavy atom. The van der Waals surface area contributed by atoms with E-state index in [9.17, 15) is 9.18 Å². The second-order valence-corrected chi connectivity index (χ2v) is 4.86. The van der Waals surface area contributed by atoms with Crippen LogP contribution in [-0.2, 0) is 10.2 Å². The van der Waals surface area contributed by atoms with E-state index in [0.717, 1.165) is 18.5 Å². The van der Waals surface area contributed by atoms with Gasteiger partial charge in [-0.25, -0.2) is 4.39 Å². The SMILES string of the molecule is CCN(C)c1c(OC)cc(F)cc1C(C)(C)C=O. The number of benzene rings is 1. The maximum atomic E-state index is 13.6. The van der Waals surface area contributed by atoms with Gasteiger partial charge in [-0.3, -0.25) is 0 Å². The molecule has 0 radical (unpaired) electrons. The normalized spacial score (nSPS) is 11.2. The number of halogens is 1. The standard InChI is InChI=1S/C14H20FNO2/c1-6-16(4)13-11(14(2,3)9-17)7-10(15)8-12(13)18-5/h7-9H,6H2,1-5H3. The van der Waals surface area contributed by atoms with Crippen molar-refractivity contribution in [2.24, 2.45) is 0 Å². The molecular weight excluding hydrogens is 233 g/mol. The van der Waals surface area contributed by atoms with Crippen LogP contribution in [0.1, 0.15) is 26.3 Å². The predicted octanol–water partition coefficient (Wildman–Crippen LogP) is 2.77. The molecular formula is C14H20FNO2. The van der Waals surface area contributed by atoms with Crippen LogP contribution >= 0.6 is 0 Å². The lowest BCUT2D eigenvalue weighted by molar-refractivity contribution is -0.111. The topological polar surface area (TPSA) is 29.5 Å². The molecule has 18 heavy (non-hydrogen) atoms. The maximum Gasteiger partial charge on any atom is 0.145 e. The maximum absolute atomic E-state index is 13.6. The zero-order valence-corrected chi connectivity index (χ0v) is 11.6. The molecule has 4 heteroatoms. The van der Waals surface area contributed by atoms with E-state index >= 15 is 0 Å². The van der Waals surface area contributed by atoms with Crippen molar-refractivity contribution in [2.75, 3.05) is 25.6 Å². The Hall–Kier alpha value is -1.58. The summed E-state index contributed by atoms with van der Waals surface area (Å²) in [5.41, 5.74) is 0.644. The van der Waals surface area contributed by atoms with Gasteiger partial charge in [0.2, 0.25) is 0 Å². The van der Waals surface area contributed by atoms with Gasteiger partial charge in [-0.05, 0) is 32.4 Å². The first-order chi connectivity index (χ1) is 8.37. The molecule has 0 aliphatic rings. The molecule has 0 saturated carbocycles.